The molecule has 1 saturated heterocycles. The second-order valence-electron chi connectivity index (χ2n) is 10.6. The van der Waals surface area contributed by atoms with Crippen molar-refractivity contribution in [2.24, 2.45) is 0 Å². The van der Waals surface area contributed by atoms with Gasteiger partial charge in [0.1, 0.15) is 41.2 Å². The molecular weight excluding hydrogens is 506 g/mol. The molecule has 0 spiro atoms. The van der Waals surface area contributed by atoms with Crippen LogP contribution >= 0.6 is 0 Å². The third-order valence-electron chi connectivity index (χ3n) is 7.88. The number of nitriles is 1. The Hall–Kier alpha value is -4.39. The van der Waals surface area contributed by atoms with E-state index in [1.807, 2.05) is 38.1 Å². The molecule has 0 unspecified atom stereocenters. The number of amides is 1. The number of nitrogens with one attached hydrogen (secondary N) is 1. The summed E-state index contributed by atoms with van der Waals surface area (Å²) in [5, 5.41) is 12.8. The van der Waals surface area contributed by atoms with Crippen LogP contribution in [0.4, 0.5) is 17.3 Å². The summed E-state index contributed by atoms with van der Waals surface area (Å²) in [5.41, 5.74) is 3.29. The largest absolute Gasteiger partial charge is 0.497 e. The molecule has 10 nitrogen and oxygen atoms in total. The minimum atomic E-state index is -0.788. The van der Waals surface area contributed by atoms with Gasteiger partial charge in [0.2, 0.25) is 5.91 Å². The number of carbonyl (C=O) groups excluding carboxylic acids is 1. The van der Waals surface area contributed by atoms with Crippen LogP contribution < -0.4 is 24.6 Å². The van der Waals surface area contributed by atoms with Crippen molar-refractivity contribution in [2.75, 3.05) is 49.0 Å². The Morgan fingerprint density at radius 3 is 2.52 bits per heavy atom. The first-order valence-corrected chi connectivity index (χ1v) is 13.6. The summed E-state index contributed by atoms with van der Waals surface area (Å²) in [6.45, 7) is 8.57. The van der Waals surface area contributed by atoms with Gasteiger partial charge in [-0.25, -0.2) is 15.0 Å². The minimum absolute atomic E-state index is 0.0233. The van der Waals surface area contributed by atoms with Gasteiger partial charge in [0.15, 0.2) is 0 Å². The average molecular weight is 542 g/mol. The van der Waals surface area contributed by atoms with Crippen LogP contribution in [-0.2, 0) is 16.8 Å². The second-order valence-corrected chi connectivity index (χ2v) is 10.6. The summed E-state index contributed by atoms with van der Waals surface area (Å²) < 4.78 is 10.9. The number of hydrogen-bond acceptors (Lipinski definition) is 9. The van der Waals surface area contributed by atoms with E-state index in [-0.39, 0.29) is 11.8 Å². The van der Waals surface area contributed by atoms with Crippen molar-refractivity contribution in [1.82, 2.24) is 15.0 Å². The van der Waals surface area contributed by atoms with Crippen molar-refractivity contribution >= 4 is 23.2 Å². The summed E-state index contributed by atoms with van der Waals surface area (Å²) in [6.07, 6.45) is 3.27. The standard InChI is InChI=1S/C30H35N7O3/c1-6-32-23-10-8-21(16-31)35-26(23)19-11-13-36(14-12-19)27-25-28(34-18-33-27)37(29(38)30(25,2)3)17-20-7-9-22(39-4)15-24(20)40-5/h7-10,15,18-19,32H,6,11-14,17H2,1-5H3. The number of piperidine rings is 1. The van der Waals surface area contributed by atoms with E-state index in [0.717, 1.165) is 60.8 Å². The van der Waals surface area contributed by atoms with Crippen molar-refractivity contribution < 1.29 is 14.3 Å². The Balaban J connectivity index is 1.42. The first-order valence-electron chi connectivity index (χ1n) is 13.6. The number of ether oxygens (including phenoxy) is 2. The number of anilines is 3. The number of benzene rings is 1. The molecule has 0 bridgehead atoms. The Morgan fingerprint density at radius 2 is 1.85 bits per heavy atom. The fraction of sp³-hybridized carbons (Fsp3) is 0.433. The highest BCUT2D eigenvalue weighted by Crippen LogP contribution is 2.46. The number of fused-ring (bicyclic) bond motifs is 1. The highest BCUT2D eigenvalue weighted by molar-refractivity contribution is 6.08. The highest BCUT2D eigenvalue weighted by atomic mass is 16.5. The van der Waals surface area contributed by atoms with Crippen molar-refractivity contribution in [3.05, 3.63) is 59.2 Å². The van der Waals surface area contributed by atoms with Crippen LogP contribution in [0.5, 0.6) is 11.5 Å². The van der Waals surface area contributed by atoms with E-state index in [9.17, 15) is 10.1 Å². The lowest BCUT2D eigenvalue weighted by Crippen LogP contribution is -2.38. The van der Waals surface area contributed by atoms with Gasteiger partial charge in [0.25, 0.3) is 0 Å². The Kier molecular flexibility index (Phi) is 7.48. The van der Waals surface area contributed by atoms with Crippen molar-refractivity contribution in [2.45, 2.75) is 51.5 Å². The van der Waals surface area contributed by atoms with Crippen molar-refractivity contribution in [3.8, 4) is 17.6 Å². The predicted molar refractivity (Wildman–Crippen MR) is 153 cm³/mol. The molecule has 208 valence electrons. The van der Waals surface area contributed by atoms with Crippen molar-refractivity contribution in [3.63, 3.8) is 0 Å². The zero-order valence-corrected chi connectivity index (χ0v) is 23.7. The lowest BCUT2D eigenvalue weighted by atomic mass is 9.86. The van der Waals surface area contributed by atoms with Gasteiger partial charge in [-0.15, -0.1) is 0 Å². The van der Waals surface area contributed by atoms with Crippen LogP contribution in [0, 0.1) is 11.3 Å². The predicted octanol–water partition coefficient (Wildman–Crippen LogP) is 4.40. The summed E-state index contributed by atoms with van der Waals surface area (Å²) in [7, 11) is 3.22. The fourth-order valence-corrected chi connectivity index (χ4v) is 5.76. The number of nitrogens with zero attached hydrogens (tertiary/aromatic N) is 6. The quantitative estimate of drug-likeness (QED) is 0.443. The minimum Gasteiger partial charge on any atom is -0.497 e. The van der Waals surface area contributed by atoms with Crippen LogP contribution in [0.15, 0.2) is 36.7 Å². The third kappa shape index (κ3) is 4.76. The molecule has 2 aliphatic heterocycles. The third-order valence-corrected chi connectivity index (χ3v) is 7.88. The topological polar surface area (TPSA) is 117 Å². The SMILES string of the molecule is CCNc1ccc(C#N)nc1C1CCN(c2ncnc3c2C(C)(C)C(=O)N3Cc2ccc(OC)cc2OC)CC1. The molecule has 5 rings (SSSR count). The summed E-state index contributed by atoms with van der Waals surface area (Å²) in [4.78, 5) is 31.7. The molecule has 0 atom stereocenters. The summed E-state index contributed by atoms with van der Waals surface area (Å²) in [6, 6.07) is 11.5. The fourth-order valence-electron chi connectivity index (χ4n) is 5.76. The van der Waals surface area contributed by atoms with Gasteiger partial charge in [0.05, 0.1) is 43.1 Å². The summed E-state index contributed by atoms with van der Waals surface area (Å²) >= 11 is 0. The van der Waals surface area contributed by atoms with Gasteiger partial charge in [-0.05, 0) is 57.9 Å². The van der Waals surface area contributed by atoms with Crippen LogP contribution in [0.2, 0.25) is 0 Å². The van der Waals surface area contributed by atoms with Gasteiger partial charge >= 0.3 is 0 Å². The average Bonchev–Trinajstić information content (AvgIpc) is 3.18. The molecule has 3 aromatic rings. The normalized spacial score (nSPS) is 16.4. The molecule has 2 aliphatic rings. The molecule has 0 saturated carbocycles. The molecule has 0 aliphatic carbocycles. The maximum atomic E-state index is 13.8. The number of methoxy groups -OCH3 is 2. The van der Waals surface area contributed by atoms with Crippen molar-refractivity contribution in [1.29, 1.82) is 5.26 Å². The van der Waals surface area contributed by atoms with Gasteiger partial charge in [-0.1, -0.05) is 0 Å². The number of pyridine rings is 1. The lowest BCUT2D eigenvalue weighted by molar-refractivity contribution is -0.122. The molecule has 1 N–H and O–H groups in total. The maximum Gasteiger partial charge on any atom is 0.238 e. The number of aromatic nitrogens is 3. The molecule has 40 heavy (non-hydrogen) atoms. The number of rotatable bonds is 8. The molecule has 0 radical (unpaired) electrons. The Morgan fingerprint density at radius 1 is 1.10 bits per heavy atom. The van der Waals surface area contributed by atoms with E-state index >= 15 is 0 Å². The molecule has 10 heteroatoms. The Bertz CT molecular complexity index is 1460. The van der Waals surface area contributed by atoms with Crippen LogP contribution in [0.25, 0.3) is 0 Å². The van der Waals surface area contributed by atoms with Crippen LogP contribution in [0.3, 0.4) is 0 Å². The van der Waals surface area contributed by atoms with Gasteiger partial charge in [-0.3, -0.25) is 9.69 Å². The lowest BCUT2D eigenvalue weighted by Gasteiger charge is -2.35. The molecule has 4 heterocycles. The smallest absolute Gasteiger partial charge is 0.238 e. The number of hydrogen-bond donors (Lipinski definition) is 1. The summed E-state index contributed by atoms with van der Waals surface area (Å²) in [5.74, 6) is 2.98. The van der Waals surface area contributed by atoms with Gasteiger partial charge in [0, 0.05) is 37.2 Å². The van der Waals surface area contributed by atoms with E-state index in [0.29, 0.717) is 29.6 Å². The molecule has 1 fully saturated rings. The second kappa shape index (κ2) is 11.0. The monoisotopic (exact) mass is 541 g/mol. The zero-order valence-electron chi connectivity index (χ0n) is 23.7. The van der Waals surface area contributed by atoms with E-state index in [1.54, 1.807) is 31.5 Å². The molecular formula is C30H35N7O3. The zero-order chi connectivity index (χ0) is 28.4. The van der Waals surface area contributed by atoms with E-state index < -0.39 is 5.41 Å². The highest BCUT2D eigenvalue weighted by Gasteiger charge is 2.48. The van der Waals surface area contributed by atoms with Crippen LogP contribution in [-0.4, -0.2) is 54.7 Å². The molecule has 1 aromatic carbocycles. The van der Waals surface area contributed by atoms with E-state index in [2.05, 4.69) is 33.2 Å². The van der Waals surface area contributed by atoms with E-state index in [4.69, 9.17) is 14.5 Å². The number of carbonyl (C=O) groups is 1. The van der Waals surface area contributed by atoms with Gasteiger partial charge < -0.3 is 19.7 Å². The maximum absolute atomic E-state index is 13.8. The first-order chi connectivity index (χ1) is 19.3. The van der Waals surface area contributed by atoms with Gasteiger partial charge in [-0.2, -0.15) is 5.26 Å². The molecule has 2 aromatic heterocycles. The molecule has 1 amide bonds. The first kappa shape index (κ1) is 27.2. The van der Waals surface area contributed by atoms with Crippen LogP contribution in [0.1, 0.15) is 62.0 Å². The Labute approximate surface area is 235 Å². The van der Waals surface area contributed by atoms with E-state index in [1.165, 1.54) is 0 Å².